The zero-order valence-electron chi connectivity index (χ0n) is 11.0. The highest BCUT2D eigenvalue weighted by Crippen LogP contribution is 2.30. The molecule has 1 heterocycles. The lowest BCUT2D eigenvalue weighted by Gasteiger charge is -2.32. The lowest BCUT2D eigenvalue weighted by molar-refractivity contribution is 0.316. The molecular weight excluding hydrogens is 231 g/mol. The zero-order valence-corrected chi connectivity index (χ0v) is 11.0. The van der Waals surface area contributed by atoms with Gasteiger partial charge in [0.2, 0.25) is 0 Å². The summed E-state index contributed by atoms with van der Waals surface area (Å²) >= 11 is 0. The Labute approximate surface area is 108 Å². The van der Waals surface area contributed by atoms with E-state index in [1.807, 2.05) is 7.05 Å². The van der Waals surface area contributed by atoms with Crippen LogP contribution in [0.2, 0.25) is 0 Å². The number of ether oxygens (including phenoxy) is 1. The Morgan fingerprint density at radius 2 is 2.28 bits per heavy atom. The summed E-state index contributed by atoms with van der Waals surface area (Å²) in [4.78, 5) is 0. The number of rotatable bonds is 4. The van der Waals surface area contributed by atoms with Gasteiger partial charge in [-0.1, -0.05) is 6.42 Å². The molecule has 1 saturated heterocycles. The van der Waals surface area contributed by atoms with E-state index in [1.165, 1.54) is 18.9 Å². The quantitative estimate of drug-likeness (QED) is 0.862. The molecule has 1 aliphatic heterocycles. The third-order valence-electron chi connectivity index (χ3n) is 3.59. The van der Waals surface area contributed by atoms with Crippen LogP contribution >= 0.6 is 0 Å². The Balaban J connectivity index is 2.27. The van der Waals surface area contributed by atoms with Gasteiger partial charge in [-0.05, 0) is 44.6 Å². The van der Waals surface area contributed by atoms with Crippen molar-refractivity contribution in [2.75, 3.05) is 20.7 Å². The summed E-state index contributed by atoms with van der Waals surface area (Å²) in [6.07, 6.45) is 3.53. The molecule has 4 heteroatoms. The number of benzene rings is 1. The molecule has 1 fully saturated rings. The van der Waals surface area contributed by atoms with Crippen LogP contribution in [0.1, 0.15) is 30.9 Å². The highest BCUT2D eigenvalue weighted by Gasteiger charge is 2.26. The first-order valence-electron chi connectivity index (χ1n) is 6.50. The smallest absolute Gasteiger partial charge is 0.123 e. The van der Waals surface area contributed by atoms with E-state index in [9.17, 15) is 4.39 Å². The fourth-order valence-corrected chi connectivity index (χ4v) is 2.68. The molecule has 0 aliphatic carbocycles. The second-order valence-corrected chi connectivity index (χ2v) is 4.71. The molecule has 1 aliphatic rings. The Kier molecular flexibility index (Phi) is 4.55. The molecule has 2 unspecified atom stereocenters. The lowest BCUT2D eigenvalue weighted by Crippen LogP contribution is -2.43. The van der Waals surface area contributed by atoms with Gasteiger partial charge in [0.1, 0.15) is 11.6 Å². The van der Waals surface area contributed by atoms with E-state index in [0.29, 0.717) is 6.04 Å². The van der Waals surface area contributed by atoms with Gasteiger partial charge in [-0.2, -0.15) is 0 Å². The Bertz CT molecular complexity index is 391. The summed E-state index contributed by atoms with van der Waals surface area (Å²) in [5, 5.41) is 6.78. The van der Waals surface area contributed by atoms with Crippen LogP contribution < -0.4 is 15.4 Å². The van der Waals surface area contributed by atoms with Crippen molar-refractivity contribution in [2.24, 2.45) is 0 Å². The molecule has 0 aromatic heterocycles. The van der Waals surface area contributed by atoms with Crippen LogP contribution in [0.4, 0.5) is 4.39 Å². The van der Waals surface area contributed by atoms with Crippen LogP contribution in [0, 0.1) is 5.82 Å². The van der Waals surface area contributed by atoms with Crippen LogP contribution in [-0.2, 0) is 0 Å². The third-order valence-corrected chi connectivity index (χ3v) is 3.59. The van der Waals surface area contributed by atoms with Crippen LogP contribution in [0.5, 0.6) is 5.75 Å². The molecule has 0 bridgehead atoms. The van der Waals surface area contributed by atoms with Gasteiger partial charge in [-0.3, -0.25) is 0 Å². The normalized spacial score (nSPS) is 21.6. The van der Waals surface area contributed by atoms with Crippen molar-refractivity contribution in [1.82, 2.24) is 10.6 Å². The third kappa shape index (κ3) is 2.82. The molecular formula is C14H21FN2O. The van der Waals surface area contributed by atoms with Crippen molar-refractivity contribution in [3.05, 3.63) is 29.6 Å². The van der Waals surface area contributed by atoms with E-state index < -0.39 is 0 Å². The van der Waals surface area contributed by atoms with Gasteiger partial charge in [0.05, 0.1) is 13.2 Å². The summed E-state index contributed by atoms with van der Waals surface area (Å²) in [6.45, 7) is 1.03. The molecule has 3 nitrogen and oxygen atoms in total. The summed E-state index contributed by atoms with van der Waals surface area (Å²) < 4.78 is 18.8. The van der Waals surface area contributed by atoms with Crippen molar-refractivity contribution in [3.63, 3.8) is 0 Å². The Morgan fingerprint density at radius 3 is 2.89 bits per heavy atom. The van der Waals surface area contributed by atoms with Crippen molar-refractivity contribution in [2.45, 2.75) is 31.3 Å². The van der Waals surface area contributed by atoms with Crippen molar-refractivity contribution >= 4 is 0 Å². The minimum Gasteiger partial charge on any atom is -0.496 e. The van der Waals surface area contributed by atoms with Crippen molar-refractivity contribution in [1.29, 1.82) is 0 Å². The molecule has 2 N–H and O–H groups in total. The number of likely N-dealkylation sites (N-methyl/N-ethyl adjacent to an activating group) is 1. The van der Waals surface area contributed by atoms with Crippen LogP contribution in [-0.4, -0.2) is 26.7 Å². The van der Waals surface area contributed by atoms with Crippen LogP contribution in [0.3, 0.4) is 0 Å². The van der Waals surface area contributed by atoms with Gasteiger partial charge in [0.15, 0.2) is 0 Å². The minimum atomic E-state index is -0.221. The number of nitrogens with one attached hydrogen (secondary N) is 2. The average molecular weight is 252 g/mol. The van der Waals surface area contributed by atoms with E-state index in [4.69, 9.17) is 4.74 Å². The van der Waals surface area contributed by atoms with E-state index in [-0.39, 0.29) is 11.9 Å². The number of hydrogen-bond donors (Lipinski definition) is 2. The molecule has 0 amide bonds. The second-order valence-electron chi connectivity index (χ2n) is 4.71. The maximum atomic E-state index is 13.4. The van der Waals surface area contributed by atoms with Crippen molar-refractivity contribution in [3.8, 4) is 5.75 Å². The van der Waals surface area contributed by atoms with Gasteiger partial charge < -0.3 is 15.4 Å². The predicted molar refractivity (Wildman–Crippen MR) is 70.4 cm³/mol. The summed E-state index contributed by atoms with van der Waals surface area (Å²) in [7, 11) is 3.53. The molecule has 0 radical (unpaired) electrons. The standard InChI is InChI=1S/C14H21FN2O/c1-16-14(12-5-3-4-8-17-12)11-9-10(15)6-7-13(11)18-2/h6-7,9,12,14,16-17H,3-5,8H2,1-2H3. The molecule has 100 valence electrons. The molecule has 2 atom stereocenters. The Hall–Kier alpha value is -1.13. The summed E-state index contributed by atoms with van der Waals surface area (Å²) in [5.41, 5.74) is 0.888. The zero-order chi connectivity index (χ0) is 13.0. The topological polar surface area (TPSA) is 33.3 Å². The summed E-state index contributed by atoms with van der Waals surface area (Å²) in [5.74, 6) is 0.519. The van der Waals surface area contributed by atoms with E-state index >= 15 is 0 Å². The van der Waals surface area contributed by atoms with Gasteiger partial charge in [-0.15, -0.1) is 0 Å². The average Bonchev–Trinajstić information content (AvgIpc) is 2.41. The number of methoxy groups -OCH3 is 1. The highest BCUT2D eigenvalue weighted by molar-refractivity contribution is 5.37. The minimum absolute atomic E-state index is 0.0796. The highest BCUT2D eigenvalue weighted by atomic mass is 19.1. The SMILES string of the molecule is CNC(c1cc(F)ccc1OC)C1CCCCN1. The van der Waals surface area contributed by atoms with Gasteiger partial charge in [-0.25, -0.2) is 4.39 Å². The van der Waals surface area contributed by atoms with Gasteiger partial charge in [0.25, 0.3) is 0 Å². The van der Waals surface area contributed by atoms with Crippen LogP contribution in [0.15, 0.2) is 18.2 Å². The van der Waals surface area contributed by atoms with E-state index in [0.717, 1.165) is 24.3 Å². The summed E-state index contributed by atoms with van der Waals surface area (Å²) in [6, 6.07) is 5.10. The first-order chi connectivity index (χ1) is 8.76. The Morgan fingerprint density at radius 1 is 1.44 bits per heavy atom. The predicted octanol–water partition coefficient (Wildman–Crippen LogP) is 2.24. The van der Waals surface area contributed by atoms with E-state index in [2.05, 4.69) is 10.6 Å². The molecule has 0 saturated carbocycles. The van der Waals surface area contributed by atoms with Gasteiger partial charge >= 0.3 is 0 Å². The maximum Gasteiger partial charge on any atom is 0.123 e. The van der Waals surface area contributed by atoms with Crippen LogP contribution in [0.25, 0.3) is 0 Å². The first-order valence-corrected chi connectivity index (χ1v) is 6.50. The number of piperidine rings is 1. The lowest BCUT2D eigenvalue weighted by atomic mass is 9.92. The van der Waals surface area contributed by atoms with E-state index in [1.54, 1.807) is 19.2 Å². The fraction of sp³-hybridized carbons (Fsp3) is 0.571. The monoisotopic (exact) mass is 252 g/mol. The number of halogens is 1. The van der Waals surface area contributed by atoms with Crippen molar-refractivity contribution < 1.29 is 9.13 Å². The molecule has 2 rings (SSSR count). The maximum absolute atomic E-state index is 13.4. The molecule has 1 aromatic rings. The first kappa shape index (κ1) is 13.3. The molecule has 1 aromatic carbocycles. The molecule has 0 spiro atoms. The van der Waals surface area contributed by atoms with Gasteiger partial charge in [0, 0.05) is 11.6 Å². The largest absolute Gasteiger partial charge is 0.496 e. The second kappa shape index (κ2) is 6.16. The number of hydrogen-bond acceptors (Lipinski definition) is 3. The fourth-order valence-electron chi connectivity index (χ4n) is 2.68. The molecule has 18 heavy (non-hydrogen) atoms.